The number of nitriles is 1. The maximum absolute atomic E-state index is 11.1. The summed E-state index contributed by atoms with van der Waals surface area (Å²) in [6.07, 6.45) is 4.44. The van der Waals surface area contributed by atoms with Gasteiger partial charge < -0.3 is 16.0 Å². The van der Waals surface area contributed by atoms with Crippen LogP contribution < -0.4 is 26.8 Å². The van der Waals surface area contributed by atoms with Gasteiger partial charge in [-0.05, 0) is 25.7 Å². The molecule has 1 aromatic rings. The molecule has 3 unspecified atom stereocenters. The SMILES string of the molecule is CN(CCCC1NNC(N)C1C#N)c1ncc([N+](=O)[O-])c(NC2CC2)n1. The molecular weight excluding hydrogens is 338 g/mol. The number of hydrazine groups is 1. The van der Waals surface area contributed by atoms with Crippen LogP contribution in [0.4, 0.5) is 17.5 Å². The van der Waals surface area contributed by atoms with Crippen LogP contribution in [0.3, 0.4) is 0 Å². The molecule has 0 spiro atoms. The lowest BCUT2D eigenvalue weighted by Gasteiger charge is -2.19. The standard InChI is InChI=1S/C15H23N9O2/c1-23(6-2-3-11-10(7-16)13(17)22-21-11)15-18-8-12(24(25)26)14(20-15)19-9-4-5-9/h8-11,13,21-22H,2-6,17H2,1H3,(H,18,19,20). The molecule has 0 radical (unpaired) electrons. The Bertz CT molecular complexity index is 703. The van der Waals surface area contributed by atoms with Gasteiger partial charge in [0.25, 0.3) is 0 Å². The van der Waals surface area contributed by atoms with Crippen LogP contribution in [-0.2, 0) is 0 Å². The number of rotatable bonds is 8. The Morgan fingerprint density at radius 2 is 2.31 bits per heavy atom. The van der Waals surface area contributed by atoms with Crippen molar-refractivity contribution in [3.63, 3.8) is 0 Å². The van der Waals surface area contributed by atoms with E-state index in [0.29, 0.717) is 12.5 Å². The second kappa shape index (κ2) is 7.77. The highest BCUT2D eigenvalue weighted by Crippen LogP contribution is 2.30. The number of hydrogen-bond acceptors (Lipinski definition) is 10. The van der Waals surface area contributed by atoms with Gasteiger partial charge in [-0.1, -0.05) is 0 Å². The minimum Gasteiger partial charge on any atom is -0.361 e. The van der Waals surface area contributed by atoms with Crippen LogP contribution in [-0.4, -0.2) is 46.7 Å². The van der Waals surface area contributed by atoms with Crippen molar-refractivity contribution in [2.45, 2.75) is 43.9 Å². The van der Waals surface area contributed by atoms with Crippen LogP contribution in [0.5, 0.6) is 0 Å². The first kappa shape index (κ1) is 18.2. The van der Waals surface area contributed by atoms with E-state index in [1.54, 1.807) is 0 Å². The van der Waals surface area contributed by atoms with Crippen molar-refractivity contribution >= 4 is 17.5 Å². The summed E-state index contributed by atoms with van der Waals surface area (Å²) < 4.78 is 0. The van der Waals surface area contributed by atoms with Crippen molar-refractivity contribution in [3.05, 3.63) is 16.3 Å². The van der Waals surface area contributed by atoms with E-state index in [1.807, 2.05) is 11.9 Å². The molecule has 5 N–H and O–H groups in total. The predicted octanol–water partition coefficient (Wildman–Crippen LogP) is 0.0765. The summed E-state index contributed by atoms with van der Waals surface area (Å²) in [5.41, 5.74) is 11.6. The van der Waals surface area contributed by atoms with Gasteiger partial charge in [0.2, 0.25) is 11.8 Å². The van der Waals surface area contributed by atoms with E-state index in [0.717, 1.165) is 25.7 Å². The highest BCUT2D eigenvalue weighted by Gasteiger charge is 2.33. The third-order valence-electron chi connectivity index (χ3n) is 4.63. The number of aromatic nitrogens is 2. The van der Waals surface area contributed by atoms with Crippen molar-refractivity contribution in [1.82, 2.24) is 20.8 Å². The third-order valence-corrected chi connectivity index (χ3v) is 4.63. The molecule has 1 aromatic heterocycles. The van der Waals surface area contributed by atoms with Crippen LogP contribution in [0.2, 0.25) is 0 Å². The molecule has 1 saturated carbocycles. The zero-order chi connectivity index (χ0) is 18.7. The first-order valence-electron chi connectivity index (χ1n) is 8.65. The summed E-state index contributed by atoms with van der Waals surface area (Å²) in [5, 5.41) is 23.4. The van der Waals surface area contributed by atoms with Gasteiger partial charge in [0.15, 0.2) is 0 Å². The molecule has 1 aliphatic heterocycles. The first-order chi connectivity index (χ1) is 12.5. The summed E-state index contributed by atoms with van der Waals surface area (Å²) in [7, 11) is 1.84. The molecule has 11 heteroatoms. The van der Waals surface area contributed by atoms with E-state index in [1.165, 1.54) is 6.20 Å². The number of nitrogens with two attached hydrogens (primary N) is 1. The van der Waals surface area contributed by atoms with Gasteiger partial charge in [-0.25, -0.2) is 10.4 Å². The fourth-order valence-corrected chi connectivity index (χ4v) is 2.91. The molecular formula is C15H23N9O2. The van der Waals surface area contributed by atoms with E-state index < -0.39 is 4.92 Å². The lowest BCUT2D eigenvalue weighted by Crippen LogP contribution is -2.38. The van der Waals surface area contributed by atoms with Gasteiger partial charge in [-0.2, -0.15) is 10.2 Å². The van der Waals surface area contributed by atoms with Gasteiger partial charge in [0, 0.05) is 25.7 Å². The van der Waals surface area contributed by atoms with Crippen molar-refractivity contribution in [1.29, 1.82) is 5.26 Å². The van der Waals surface area contributed by atoms with Crippen LogP contribution in [0.25, 0.3) is 0 Å². The molecule has 3 atom stereocenters. The van der Waals surface area contributed by atoms with E-state index in [2.05, 4.69) is 32.2 Å². The molecule has 2 heterocycles. The normalized spacial score (nSPS) is 24.9. The Kier molecular flexibility index (Phi) is 5.46. The first-order valence-corrected chi connectivity index (χ1v) is 8.65. The lowest BCUT2D eigenvalue weighted by atomic mass is 9.97. The van der Waals surface area contributed by atoms with Gasteiger partial charge in [0.05, 0.1) is 23.1 Å². The van der Waals surface area contributed by atoms with Crippen molar-refractivity contribution in [2.24, 2.45) is 11.7 Å². The van der Waals surface area contributed by atoms with Crippen LogP contribution in [0.1, 0.15) is 25.7 Å². The Balaban J connectivity index is 1.58. The summed E-state index contributed by atoms with van der Waals surface area (Å²) in [5.74, 6) is 0.432. The molecule has 3 rings (SSSR count). The Morgan fingerprint density at radius 3 is 2.96 bits per heavy atom. The summed E-state index contributed by atoms with van der Waals surface area (Å²) in [6, 6.07) is 2.47. The molecule has 0 bridgehead atoms. The molecule has 11 nitrogen and oxygen atoms in total. The monoisotopic (exact) mass is 361 g/mol. The van der Waals surface area contributed by atoms with Crippen molar-refractivity contribution < 1.29 is 4.92 Å². The van der Waals surface area contributed by atoms with E-state index in [-0.39, 0.29) is 35.7 Å². The topological polar surface area (TPSA) is 158 Å². The zero-order valence-electron chi connectivity index (χ0n) is 14.6. The largest absolute Gasteiger partial charge is 0.361 e. The predicted molar refractivity (Wildman–Crippen MR) is 95.0 cm³/mol. The lowest BCUT2D eigenvalue weighted by molar-refractivity contribution is -0.384. The van der Waals surface area contributed by atoms with Gasteiger partial charge in [-0.3, -0.25) is 15.5 Å². The smallest absolute Gasteiger partial charge is 0.329 e. The van der Waals surface area contributed by atoms with E-state index >= 15 is 0 Å². The molecule has 140 valence electrons. The summed E-state index contributed by atoms with van der Waals surface area (Å²) in [6.45, 7) is 0.659. The molecule has 26 heavy (non-hydrogen) atoms. The number of nitrogens with zero attached hydrogens (tertiary/aromatic N) is 5. The quantitative estimate of drug-likeness (QED) is 0.369. The molecule has 1 saturated heterocycles. The number of hydrogen-bond donors (Lipinski definition) is 4. The van der Waals surface area contributed by atoms with Gasteiger partial charge >= 0.3 is 5.69 Å². The van der Waals surface area contributed by atoms with Crippen molar-refractivity contribution in [2.75, 3.05) is 23.8 Å². The Morgan fingerprint density at radius 1 is 1.54 bits per heavy atom. The minimum atomic E-state index is -0.474. The van der Waals surface area contributed by atoms with E-state index in [9.17, 15) is 10.1 Å². The Labute approximate surface area is 151 Å². The Hall–Kier alpha value is -2.55. The maximum atomic E-state index is 11.1. The van der Waals surface area contributed by atoms with Crippen molar-refractivity contribution in [3.8, 4) is 6.07 Å². The zero-order valence-corrected chi connectivity index (χ0v) is 14.6. The number of nitro groups is 1. The molecule has 0 aromatic carbocycles. The molecule has 0 amide bonds. The highest BCUT2D eigenvalue weighted by molar-refractivity contribution is 5.58. The van der Waals surface area contributed by atoms with Crippen LogP contribution in [0.15, 0.2) is 6.20 Å². The fourth-order valence-electron chi connectivity index (χ4n) is 2.91. The number of nitrogens with one attached hydrogen (secondary N) is 3. The minimum absolute atomic E-state index is 0.00623. The summed E-state index contributed by atoms with van der Waals surface area (Å²) in [4.78, 5) is 21.0. The summed E-state index contributed by atoms with van der Waals surface area (Å²) >= 11 is 0. The fraction of sp³-hybridized carbons (Fsp3) is 0.667. The maximum Gasteiger partial charge on any atom is 0.329 e. The third kappa shape index (κ3) is 4.16. The van der Waals surface area contributed by atoms with Gasteiger partial charge in [-0.15, -0.1) is 0 Å². The average molecular weight is 361 g/mol. The molecule has 2 fully saturated rings. The van der Waals surface area contributed by atoms with E-state index in [4.69, 9.17) is 11.0 Å². The van der Waals surface area contributed by atoms with Gasteiger partial charge in [0.1, 0.15) is 6.20 Å². The second-order valence-electron chi connectivity index (χ2n) is 6.72. The average Bonchev–Trinajstić information content (AvgIpc) is 3.36. The number of anilines is 2. The second-order valence-corrected chi connectivity index (χ2v) is 6.72. The van der Waals surface area contributed by atoms with Crippen LogP contribution >= 0.6 is 0 Å². The molecule has 1 aliphatic carbocycles. The van der Waals surface area contributed by atoms with Crippen LogP contribution in [0, 0.1) is 27.4 Å². The molecule has 2 aliphatic rings. The highest BCUT2D eigenvalue weighted by atomic mass is 16.6.